The third-order valence-electron chi connectivity index (χ3n) is 4.12. The average Bonchev–Trinajstić information content (AvgIpc) is 2.46. The van der Waals surface area contributed by atoms with Gasteiger partial charge in [-0.3, -0.25) is 0 Å². The smallest absolute Gasteiger partial charge is 0.241 e. The summed E-state index contributed by atoms with van der Waals surface area (Å²) in [6.45, 7) is 7.14. The van der Waals surface area contributed by atoms with Crippen molar-refractivity contribution in [3.05, 3.63) is 29.8 Å². The first-order valence-electron chi connectivity index (χ1n) is 7.83. The molecule has 0 spiro atoms. The maximum Gasteiger partial charge on any atom is 0.241 e. The second-order valence-corrected chi connectivity index (χ2v) is 7.54. The minimum Gasteiger partial charge on any atom is -0.303 e. The third kappa shape index (κ3) is 4.53. The highest BCUT2D eigenvalue weighted by Crippen LogP contribution is 2.17. The van der Waals surface area contributed by atoms with Crippen molar-refractivity contribution >= 4 is 10.0 Å². The highest BCUT2D eigenvalue weighted by atomic mass is 32.2. The molecule has 0 atom stereocenters. The molecule has 118 valence electrons. The Labute approximate surface area is 128 Å². The van der Waals surface area contributed by atoms with Crippen LogP contribution in [0.25, 0.3) is 0 Å². The molecule has 1 aliphatic rings. The van der Waals surface area contributed by atoms with Gasteiger partial charge in [0, 0.05) is 6.04 Å². The molecule has 5 heteroatoms. The van der Waals surface area contributed by atoms with Crippen LogP contribution < -0.4 is 4.72 Å². The van der Waals surface area contributed by atoms with Crippen LogP contribution >= 0.6 is 0 Å². The van der Waals surface area contributed by atoms with Crippen LogP contribution in [-0.2, 0) is 10.0 Å². The first-order chi connectivity index (χ1) is 10.0. The molecule has 0 aromatic heterocycles. The lowest BCUT2D eigenvalue weighted by atomic mass is 10.1. The van der Waals surface area contributed by atoms with Crippen molar-refractivity contribution in [1.29, 1.82) is 0 Å². The Bertz CT molecular complexity index is 549. The highest BCUT2D eigenvalue weighted by Gasteiger charge is 2.25. The first-order valence-corrected chi connectivity index (χ1v) is 9.31. The molecule has 0 unspecified atom stereocenters. The number of rotatable bonds is 6. The summed E-state index contributed by atoms with van der Waals surface area (Å²) < 4.78 is 27.8. The number of aryl methyl sites for hydroxylation is 1. The molecule has 1 saturated heterocycles. The van der Waals surface area contributed by atoms with Gasteiger partial charge >= 0.3 is 0 Å². The normalized spacial score (nSPS) is 18.0. The predicted molar refractivity (Wildman–Crippen MR) is 85.9 cm³/mol. The van der Waals surface area contributed by atoms with Crippen molar-refractivity contribution in [3.63, 3.8) is 0 Å². The van der Waals surface area contributed by atoms with E-state index in [2.05, 4.69) is 16.5 Å². The summed E-state index contributed by atoms with van der Waals surface area (Å²) in [5.41, 5.74) is 0.797. The largest absolute Gasteiger partial charge is 0.303 e. The quantitative estimate of drug-likeness (QED) is 0.878. The molecule has 2 rings (SSSR count). The van der Waals surface area contributed by atoms with Gasteiger partial charge in [-0.05, 0) is 57.5 Å². The zero-order valence-corrected chi connectivity index (χ0v) is 13.8. The monoisotopic (exact) mass is 310 g/mol. The Balaban J connectivity index is 1.92. The summed E-state index contributed by atoms with van der Waals surface area (Å²) >= 11 is 0. The Morgan fingerprint density at radius 1 is 1.24 bits per heavy atom. The summed E-state index contributed by atoms with van der Waals surface area (Å²) in [7, 11) is -3.39. The molecule has 4 nitrogen and oxygen atoms in total. The molecule has 1 fully saturated rings. The Morgan fingerprint density at radius 3 is 2.52 bits per heavy atom. The lowest BCUT2D eigenvalue weighted by molar-refractivity contribution is 0.205. The van der Waals surface area contributed by atoms with E-state index in [9.17, 15) is 8.42 Å². The van der Waals surface area contributed by atoms with E-state index in [0.717, 1.165) is 38.0 Å². The minimum absolute atomic E-state index is 0.0625. The topological polar surface area (TPSA) is 49.4 Å². The summed E-state index contributed by atoms with van der Waals surface area (Å²) in [4.78, 5) is 2.83. The summed E-state index contributed by atoms with van der Waals surface area (Å²) in [6, 6.07) is 7.21. The van der Waals surface area contributed by atoms with Crippen molar-refractivity contribution in [3.8, 4) is 0 Å². The van der Waals surface area contributed by atoms with Gasteiger partial charge in [0.05, 0.1) is 4.90 Å². The van der Waals surface area contributed by atoms with Crippen molar-refractivity contribution in [2.24, 2.45) is 0 Å². The number of unbranched alkanes of at least 4 members (excludes halogenated alkanes) is 1. The van der Waals surface area contributed by atoms with Gasteiger partial charge in [0.2, 0.25) is 10.0 Å². The van der Waals surface area contributed by atoms with Gasteiger partial charge in [0.25, 0.3) is 0 Å². The van der Waals surface area contributed by atoms with Crippen LogP contribution in [0.3, 0.4) is 0 Å². The minimum atomic E-state index is -3.39. The van der Waals surface area contributed by atoms with E-state index in [1.165, 1.54) is 12.8 Å². The molecule has 0 amide bonds. The van der Waals surface area contributed by atoms with Gasteiger partial charge in [0.1, 0.15) is 0 Å². The molecule has 0 radical (unpaired) electrons. The van der Waals surface area contributed by atoms with Gasteiger partial charge in [-0.1, -0.05) is 31.5 Å². The van der Waals surface area contributed by atoms with Gasteiger partial charge < -0.3 is 4.90 Å². The summed E-state index contributed by atoms with van der Waals surface area (Å²) in [6.07, 6.45) is 4.23. The fraction of sp³-hybridized carbons (Fsp3) is 0.625. The number of likely N-dealkylation sites (tertiary alicyclic amines) is 1. The molecule has 1 aromatic carbocycles. The molecule has 0 bridgehead atoms. The second kappa shape index (κ2) is 7.38. The number of nitrogens with one attached hydrogen (secondary N) is 1. The van der Waals surface area contributed by atoms with E-state index >= 15 is 0 Å². The lowest BCUT2D eigenvalue weighted by Crippen LogP contribution is -2.44. The van der Waals surface area contributed by atoms with Crippen LogP contribution in [0.5, 0.6) is 0 Å². The molecule has 21 heavy (non-hydrogen) atoms. The number of benzene rings is 1. The average molecular weight is 310 g/mol. The summed E-state index contributed by atoms with van der Waals surface area (Å²) in [5.74, 6) is 0. The Morgan fingerprint density at radius 2 is 1.90 bits per heavy atom. The van der Waals surface area contributed by atoms with Crippen molar-refractivity contribution in [2.75, 3.05) is 19.6 Å². The standard InChI is InChI=1S/C16H26N2O2S/c1-3-4-11-18-12-9-15(10-13-18)17-21(19,20)16-8-6-5-7-14(16)2/h5-8,15,17H,3-4,9-13H2,1-2H3. The number of sulfonamides is 1. The lowest BCUT2D eigenvalue weighted by Gasteiger charge is -2.32. The maximum atomic E-state index is 12.5. The third-order valence-corrected chi connectivity index (χ3v) is 5.80. The van der Waals surface area contributed by atoms with Gasteiger partial charge in [-0.15, -0.1) is 0 Å². The molecule has 0 aliphatic carbocycles. The molecule has 1 aliphatic heterocycles. The van der Waals surface area contributed by atoms with E-state index in [1.54, 1.807) is 12.1 Å². The Kier molecular flexibility index (Phi) is 5.79. The highest BCUT2D eigenvalue weighted by molar-refractivity contribution is 7.89. The second-order valence-electron chi connectivity index (χ2n) is 5.86. The van der Waals surface area contributed by atoms with Gasteiger partial charge in [-0.2, -0.15) is 0 Å². The molecule has 1 aromatic rings. The molecule has 1 heterocycles. The van der Waals surface area contributed by atoms with E-state index in [-0.39, 0.29) is 6.04 Å². The van der Waals surface area contributed by atoms with E-state index in [1.807, 2.05) is 19.1 Å². The van der Waals surface area contributed by atoms with Crippen LogP contribution in [-0.4, -0.2) is 39.0 Å². The zero-order valence-electron chi connectivity index (χ0n) is 13.0. The number of hydrogen-bond acceptors (Lipinski definition) is 3. The molecular formula is C16H26N2O2S. The van der Waals surface area contributed by atoms with Crippen LogP contribution in [0.15, 0.2) is 29.2 Å². The first kappa shape index (κ1) is 16.5. The number of nitrogens with zero attached hydrogens (tertiary/aromatic N) is 1. The Hall–Kier alpha value is -0.910. The molecule has 1 N–H and O–H groups in total. The maximum absolute atomic E-state index is 12.5. The molecule has 0 saturated carbocycles. The van der Waals surface area contributed by atoms with Crippen LogP contribution in [0, 0.1) is 6.92 Å². The van der Waals surface area contributed by atoms with Crippen LogP contribution in [0.2, 0.25) is 0 Å². The van der Waals surface area contributed by atoms with E-state index in [0.29, 0.717) is 4.90 Å². The fourth-order valence-corrected chi connectivity index (χ4v) is 4.35. The van der Waals surface area contributed by atoms with Gasteiger partial charge in [0.15, 0.2) is 0 Å². The number of hydrogen-bond donors (Lipinski definition) is 1. The zero-order chi connectivity index (χ0) is 15.3. The van der Waals surface area contributed by atoms with Crippen molar-refractivity contribution in [2.45, 2.75) is 50.5 Å². The predicted octanol–water partition coefficient (Wildman–Crippen LogP) is 2.54. The van der Waals surface area contributed by atoms with Crippen molar-refractivity contribution < 1.29 is 8.42 Å². The summed E-state index contributed by atoms with van der Waals surface area (Å²) in [5, 5.41) is 0. The van der Waals surface area contributed by atoms with Crippen LogP contribution in [0.4, 0.5) is 0 Å². The van der Waals surface area contributed by atoms with E-state index < -0.39 is 10.0 Å². The molecular weight excluding hydrogens is 284 g/mol. The number of piperidine rings is 1. The fourth-order valence-electron chi connectivity index (χ4n) is 2.80. The SMILES string of the molecule is CCCCN1CCC(NS(=O)(=O)c2ccccc2C)CC1. The van der Waals surface area contributed by atoms with Gasteiger partial charge in [-0.25, -0.2) is 13.1 Å². The van der Waals surface area contributed by atoms with Crippen LogP contribution in [0.1, 0.15) is 38.2 Å². The van der Waals surface area contributed by atoms with E-state index in [4.69, 9.17) is 0 Å². The van der Waals surface area contributed by atoms with Crippen molar-refractivity contribution in [1.82, 2.24) is 9.62 Å².